The lowest BCUT2D eigenvalue weighted by atomic mass is 10.2. The molecule has 1 aromatic rings. The average molecular weight is 288 g/mol. The lowest BCUT2D eigenvalue weighted by Crippen LogP contribution is -3.06. The number of nitrogens with one attached hydrogen (secondary N) is 2. The summed E-state index contributed by atoms with van der Waals surface area (Å²) >= 11 is 0. The van der Waals surface area contributed by atoms with Crippen molar-refractivity contribution in [3.63, 3.8) is 0 Å². The van der Waals surface area contributed by atoms with Crippen molar-refractivity contribution in [1.82, 2.24) is 0 Å². The highest BCUT2D eigenvalue weighted by molar-refractivity contribution is 5.33. The third kappa shape index (κ3) is 6.37. The molecule has 0 aromatic heterocycles. The summed E-state index contributed by atoms with van der Waals surface area (Å²) in [4.78, 5) is 13.7. The van der Waals surface area contributed by atoms with Crippen molar-refractivity contribution in [2.45, 2.75) is 32.9 Å². The van der Waals surface area contributed by atoms with Gasteiger partial charge in [-0.3, -0.25) is 0 Å². The maximum absolute atomic E-state index is 11.7. The van der Waals surface area contributed by atoms with Crippen LogP contribution in [0, 0.1) is 10.4 Å². The molecule has 0 radical (unpaired) electrons. The molecule has 0 spiro atoms. The Balaban J connectivity index is 2.63. The molecule has 2 unspecified atom stereocenters. The normalized spacial score (nSPS) is 15.1. The topological polar surface area (TPSA) is 91.9 Å². The predicted octanol–water partition coefficient (Wildman–Crippen LogP) is -0.262. The van der Waals surface area contributed by atoms with E-state index in [1.165, 1.54) is 13.2 Å². The first kappa shape index (κ1) is 17.0. The van der Waals surface area contributed by atoms with Gasteiger partial charge < -0.3 is 10.4 Å². The summed E-state index contributed by atoms with van der Waals surface area (Å²) in [5, 5.41) is 26.2. The molecule has 2 atom stereocenters. The van der Waals surface area contributed by atoms with Gasteiger partial charge in [-0.25, -0.2) is 10.1 Å². The first-order valence-electron chi connectivity index (χ1n) is 6.04. The molecule has 0 aliphatic rings. The lowest BCUT2D eigenvalue weighted by Gasteiger charge is -2.27. The van der Waals surface area contributed by atoms with Gasteiger partial charge in [0, 0.05) is 22.7 Å². The van der Waals surface area contributed by atoms with Crippen molar-refractivity contribution in [3.05, 3.63) is 40.2 Å². The van der Waals surface area contributed by atoms with Crippen LogP contribution in [0.25, 0.3) is 0 Å². The molecule has 20 heavy (non-hydrogen) atoms. The van der Waals surface area contributed by atoms with Crippen molar-refractivity contribution < 1.29 is 30.2 Å². The quantitative estimate of drug-likeness (QED) is 0.530. The number of quaternary nitrogens is 2. The lowest BCUT2D eigenvalue weighted by molar-refractivity contribution is -1.08. The summed E-state index contributed by atoms with van der Waals surface area (Å²) in [6, 6.07) is 6.44. The Labute approximate surface area is 117 Å². The van der Waals surface area contributed by atoms with Crippen LogP contribution in [0.2, 0.25) is 0 Å². The Bertz CT molecular complexity index is 409. The van der Waals surface area contributed by atoms with Crippen LogP contribution in [0.3, 0.4) is 0 Å². The molecule has 8 nitrogen and oxygen atoms in total. The summed E-state index contributed by atoms with van der Waals surface area (Å²) in [6.45, 7) is 5.45. The summed E-state index contributed by atoms with van der Waals surface area (Å²) in [5.41, 5.74) is 0.356. The molecule has 0 amide bonds. The zero-order chi connectivity index (χ0) is 15.2. The molecule has 0 saturated heterocycles. The number of hydroxylamine groups is 2. The van der Waals surface area contributed by atoms with E-state index in [-0.39, 0.29) is 17.5 Å². The molecule has 0 aliphatic heterocycles. The number of hydrogen-bond acceptors (Lipinski definition) is 6. The van der Waals surface area contributed by atoms with E-state index in [0.29, 0.717) is 5.56 Å². The highest BCUT2D eigenvalue weighted by Gasteiger charge is 2.17. The van der Waals surface area contributed by atoms with E-state index in [9.17, 15) is 10.4 Å². The van der Waals surface area contributed by atoms with Crippen LogP contribution in [-0.4, -0.2) is 12.7 Å². The summed E-state index contributed by atoms with van der Waals surface area (Å²) in [5.74, 6) is 0. The second kappa shape index (κ2) is 7.62. The van der Waals surface area contributed by atoms with Gasteiger partial charge in [0.05, 0.1) is 7.11 Å². The maximum Gasteiger partial charge on any atom is 0.167 e. The van der Waals surface area contributed by atoms with Gasteiger partial charge in [0.15, 0.2) is 5.69 Å². The van der Waals surface area contributed by atoms with E-state index in [2.05, 4.69) is 14.9 Å². The molecule has 114 valence electrons. The SMILES string of the molecule is COOO[NH+]([O-])c1cccc(C[NH+]([O-])OC(C)(C)C)c1. The molecular weight excluding hydrogens is 268 g/mol. The van der Waals surface area contributed by atoms with Crippen molar-refractivity contribution >= 4 is 5.69 Å². The Morgan fingerprint density at radius 3 is 2.50 bits per heavy atom. The van der Waals surface area contributed by atoms with Crippen LogP contribution in [0.15, 0.2) is 24.3 Å². The maximum atomic E-state index is 11.7. The minimum Gasteiger partial charge on any atom is -0.600 e. The van der Waals surface area contributed by atoms with Gasteiger partial charge in [-0.15, -0.1) is 0 Å². The van der Waals surface area contributed by atoms with Crippen molar-refractivity contribution in [3.8, 4) is 0 Å². The van der Waals surface area contributed by atoms with E-state index in [1.54, 1.807) is 39.0 Å². The fourth-order valence-corrected chi connectivity index (χ4v) is 1.47. The molecule has 1 rings (SSSR count). The van der Waals surface area contributed by atoms with Gasteiger partial charge in [0.25, 0.3) is 0 Å². The van der Waals surface area contributed by atoms with Crippen molar-refractivity contribution in [2.24, 2.45) is 0 Å². The monoisotopic (exact) mass is 288 g/mol. The average Bonchev–Trinajstić information content (AvgIpc) is 2.33. The standard InChI is InChI=1S/C12H20N2O6/c1-12(2,3)18-13(15)9-10-6-5-7-11(8-10)14(16)19-20-17-4/h5-8,13-14H,9H2,1-4H3. The summed E-state index contributed by atoms with van der Waals surface area (Å²) in [6.07, 6.45) is 0. The fraction of sp³-hybridized carbons (Fsp3) is 0.500. The van der Waals surface area contributed by atoms with Crippen LogP contribution in [-0.2, 0) is 26.3 Å². The van der Waals surface area contributed by atoms with E-state index >= 15 is 0 Å². The third-order valence-electron chi connectivity index (χ3n) is 2.11. The Hall–Kier alpha value is -1.10. The molecule has 0 saturated carbocycles. The van der Waals surface area contributed by atoms with Crippen LogP contribution >= 0.6 is 0 Å². The third-order valence-corrected chi connectivity index (χ3v) is 2.11. The smallest absolute Gasteiger partial charge is 0.167 e. The minimum absolute atomic E-state index is 0.0729. The largest absolute Gasteiger partial charge is 0.600 e. The molecule has 8 heteroatoms. The molecule has 0 fully saturated rings. The van der Waals surface area contributed by atoms with Gasteiger partial charge in [0.1, 0.15) is 12.1 Å². The van der Waals surface area contributed by atoms with Gasteiger partial charge in [-0.2, -0.15) is 10.1 Å². The van der Waals surface area contributed by atoms with Crippen LogP contribution in [0.5, 0.6) is 0 Å². The van der Waals surface area contributed by atoms with E-state index in [0.717, 1.165) is 0 Å². The second-order valence-electron chi connectivity index (χ2n) is 5.07. The van der Waals surface area contributed by atoms with Crippen LogP contribution in [0.4, 0.5) is 5.69 Å². The Morgan fingerprint density at radius 2 is 1.90 bits per heavy atom. The fourth-order valence-electron chi connectivity index (χ4n) is 1.47. The molecular formula is C12H20N2O6. The van der Waals surface area contributed by atoms with Crippen LogP contribution < -0.4 is 10.5 Å². The molecule has 0 bridgehead atoms. The van der Waals surface area contributed by atoms with Crippen LogP contribution in [0.1, 0.15) is 26.3 Å². The second-order valence-corrected chi connectivity index (χ2v) is 5.07. The van der Waals surface area contributed by atoms with Gasteiger partial charge in [0.2, 0.25) is 0 Å². The molecule has 2 N–H and O–H groups in total. The summed E-state index contributed by atoms with van der Waals surface area (Å²) in [7, 11) is 1.21. The number of benzene rings is 1. The van der Waals surface area contributed by atoms with E-state index < -0.39 is 10.8 Å². The van der Waals surface area contributed by atoms with Crippen molar-refractivity contribution in [2.75, 3.05) is 7.11 Å². The van der Waals surface area contributed by atoms with Gasteiger partial charge in [-0.05, 0) is 25.8 Å². The summed E-state index contributed by atoms with van der Waals surface area (Å²) < 4.78 is 0. The zero-order valence-electron chi connectivity index (χ0n) is 12.0. The van der Waals surface area contributed by atoms with Gasteiger partial charge >= 0.3 is 0 Å². The highest BCUT2D eigenvalue weighted by Crippen LogP contribution is 2.06. The Morgan fingerprint density at radius 1 is 1.20 bits per heavy atom. The number of rotatable bonds is 7. The molecule has 0 aliphatic carbocycles. The molecule has 1 aromatic carbocycles. The first-order chi connectivity index (χ1) is 9.31. The molecule has 0 heterocycles. The zero-order valence-corrected chi connectivity index (χ0v) is 12.0. The predicted molar refractivity (Wildman–Crippen MR) is 68.5 cm³/mol. The van der Waals surface area contributed by atoms with E-state index in [1.807, 2.05) is 0 Å². The Kier molecular flexibility index (Phi) is 6.46. The highest BCUT2D eigenvalue weighted by atomic mass is 17.6. The first-order valence-corrected chi connectivity index (χ1v) is 6.04. The van der Waals surface area contributed by atoms with E-state index in [4.69, 9.17) is 4.84 Å². The van der Waals surface area contributed by atoms with Crippen molar-refractivity contribution in [1.29, 1.82) is 0 Å². The minimum atomic E-state index is -0.710. The number of hydrogen-bond donors (Lipinski definition) is 2. The van der Waals surface area contributed by atoms with Gasteiger partial charge in [-0.1, -0.05) is 12.1 Å².